The largest absolute Gasteiger partial charge is 0.374 e. The van der Waals surface area contributed by atoms with Gasteiger partial charge >= 0.3 is 0 Å². The molecule has 3 saturated heterocycles. The number of hydrogen-bond acceptors (Lipinski definition) is 4. The molecule has 19 heavy (non-hydrogen) atoms. The van der Waals surface area contributed by atoms with Gasteiger partial charge in [0.25, 0.3) is 0 Å². The van der Waals surface area contributed by atoms with Crippen molar-refractivity contribution in [3.05, 3.63) is 0 Å². The maximum Gasteiger partial charge on any atom is 0.0795 e. The fraction of sp³-hybridized carbons (Fsp3) is 1.00. The Morgan fingerprint density at radius 3 is 3.00 bits per heavy atom. The first-order valence-electron chi connectivity index (χ1n) is 8.01. The summed E-state index contributed by atoms with van der Waals surface area (Å²) < 4.78 is 6.18. The van der Waals surface area contributed by atoms with E-state index in [1.807, 2.05) is 0 Å². The number of nitrogens with zero attached hydrogens (tertiary/aromatic N) is 1. The molecule has 3 rings (SSSR count). The quantitative estimate of drug-likeness (QED) is 0.858. The Morgan fingerprint density at radius 2 is 2.32 bits per heavy atom. The first-order chi connectivity index (χ1) is 9.33. The summed E-state index contributed by atoms with van der Waals surface area (Å²) in [6, 6.07) is 1.51. The lowest BCUT2D eigenvalue weighted by atomic mass is 9.87. The molecule has 3 atom stereocenters. The lowest BCUT2D eigenvalue weighted by Crippen LogP contribution is -2.55. The number of piperidine rings is 1. The van der Waals surface area contributed by atoms with E-state index in [-0.39, 0.29) is 5.60 Å². The van der Waals surface area contributed by atoms with E-state index < -0.39 is 0 Å². The Hall–Kier alpha value is 0.230. The summed E-state index contributed by atoms with van der Waals surface area (Å²) in [6.07, 6.45) is 6.49. The molecule has 3 heterocycles. The Labute approximate surface area is 121 Å². The summed E-state index contributed by atoms with van der Waals surface area (Å²) in [5, 5.41) is 3.57. The summed E-state index contributed by atoms with van der Waals surface area (Å²) in [6.45, 7) is 6.90. The second-order valence-electron chi connectivity index (χ2n) is 6.31. The Kier molecular flexibility index (Phi) is 4.73. The minimum absolute atomic E-state index is 0.225. The van der Waals surface area contributed by atoms with Crippen LogP contribution in [0, 0.1) is 0 Å². The van der Waals surface area contributed by atoms with Crippen LogP contribution in [0.1, 0.15) is 39.0 Å². The number of nitrogens with one attached hydrogen (secondary N) is 1. The van der Waals surface area contributed by atoms with Crippen LogP contribution in [0.4, 0.5) is 0 Å². The van der Waals surface area contributed by atoms with E-state index in [4.69, 9.17) is 4.74 Å². The molecule has 0 aromatic rings. The molecular formula is C15H28N2OS. The maximum absolute atomic E-state index is 6.18. The minimum atomic E-state index is 0.225. The predicted octanol–water partition coefficient (Wildman–Crippen LogP) is 2.12. The summed E-state index contributed by atoms with van der Waals surface area (Å²) in [7, 11) is 0. The first-order valence-corrected chi connectivity index (χ1v) is 9.17. The van der Waals surface area contributed by atoms with E-state index in [1.165, 1.54) is 63.2 Å². The van der Waals surface area contributed by atoms with Gasteiger partial charge in [-0.1, -0.05) is 6.92 Å². The summed E-state index contributed by atoms with van der Waals surface area (Å²) >= 11 is 2.08. The Bertz CT molecular complexity index is 288. The number of hydrogen-bond donors (Lipinski definition) is 1. The monoisotopic (exact) mass is 284 g/mol. The molecule has 0 aliphatic carbocycles. The van der Waals surface area contributed by atoms with Crippen LogP contribution >= 0.6 is 11.8 Å². The van der Waals surface area contributed by atoms with Crippen molar-refractivity contribution in [2.45, 2.75) is 56.7 Å². The van der Waals surface area contributed by atoms with Crippen LogP contribution in [-0.2, 0) is 4.74 Å². The Balaban J connectivity index is 1.64. The van der Waals surface area contributed by atoms with E-state index in [1.54, 1.807) is 0 Å². The van der Waals surface area contributed by atoms with Gasteiger partial charge in [-0.2, -0.15) is 11.8 Å². The van der Waals surface area contributed by atoms with Crippen molar-refractivity contribution in [2.24, 2.45) is 0 Å². The van der Waals surface area contributed by atoms with Crippen LogP contribution in [0.5, 0.6) is 0 Å². The van der Waals surface area contributed by atoms with Gasteiger partial charge in [0.1, 0.15) is 0 Å². The number of rotatable bonds is 3. The normalized spacial score (nSPS) is 40.1. The third kappa shape index (κ3) is 3.12. The molecule has 3 aliphatic rings. The molecule has 110 valence electrons. The molecule has 4 heteroatoms. The van der Waals surface area contributed by atoms with Gasteiger partial charge in [-0.25, -0.2) is 0 Å². The standard InChI is InChI=1S/C15H28N2OS/c1-2-17(14-4-3-7-16-11-14)13-5-8-18-15(10-13)6-9-19-12-15/h13-14,16H,2-12H2,1H3. The van der Waals surface area contributed by atoms with E-state index >= 15 is 0 Å². The SMILES string of the molecule is CCN(C1CCCNC1)C1CCOC2(CCSC2)C1. The van der Waals surface area contributed by atoms with E-state index in [9.17, 15) is 0 Å². The van der Waals surface area contributed by atoms with Crippen molar-refractivity contribution in [1.29, 1.82) is 0 Å². The molecule has 0 radical (unpaired) electrons. The van der Waals surface area contributed by atoms with Gasteiger partial charge < -0.3 is 10.1 Å². The molecule has 0 aromatic heterocycles. The average molecular weight is 284 g/mol. The number of likely N-dealkylation sites (N-methyl/N-ethyl adjacent to an activating group) is 1. The van der Waals surface area contributed by atoms with Crippen LogP contribution in [-0.4, -0.2) is 60.3 Å². The fourth-order valence-corrected chi connectivity index (χ4v) is 5.46. The molecule has 0 bridgehead atoms. The lowest BCUT2D eigenvalue weighted by Gasteiger charge is -2.46. The van der Waals surface area contributed by atoms with Crippen LogP contribution in [0.25, 0.3) is 0 Å². The Morgan fingerprint density at radius 1 is 1.37 bits per heavy atom. The minimum Gasteiger partial charge on any atom is -0.374 e. The predicted molar refractivity (Wildman–Crippen MR) is 81.9 cm³/mol. The molecule has 1 N–H and O–H groups in total. The molecule has 0 saturated carbocycles. The molecule has 1 spiro atoms. The second kappa shape index (κ2) is 6.33. The number of thioether (sulfide) groups is 1. The van der Waals surface area contributed by atoms with Crippen molar-refractivity contribution in [2.75, 3.05) is 37.7 Å². The highest BCUT2D eigenvalue weighted by Gasteiger charge is 2.42. The third-order valence-corrected chi connectivity index (χ3v) is 6.33. The third-order valence-electron chi connectivity index (χ3n) is 5.11. The van der Waals surface area contributed by atoms with E-state index in [0.717, 1.165) is 18.7 Å². The zero-order valence-electron chi connectivity index (χ0n) is 12.2. The smallest absolute Gasteiger partial charge is 0.0795 e. The van der Waals surface area contributed by atoms with Gasteiger partial charge in [0, 0.05) is 31.0 Å². The second-order valence-corrected chi connectivity index (χ2v) is 7.42. The lowest BCUT2D eigenvalue weighted by molar-refractivity contribution is -0.0955. The highest BCUT2D eigenvalue weighted by atomic mass is 32.2. The summed E-state index contributed by atoms with van der Waals surface area (Å²) in [5.41, 5.74) is 0.225. The van der Waals surface area contributed by atoms with Crippen LogP contribution in [0.15, 0.2) is 0 Å². The zero-order chi connectivity index (χ0) is 13.1. The van der Waals surface area contributed by atoms with Gasteiger partial charge in [0.2, 0.25) is 0 Å². The molecule has 3 aliphatic heterocycles. The molecule has 0 amide bonds. The van der Waals surface area contributed by atoms with Crippen molar-refractivity contribution in [3.63, 3.8) is 0 Å². The number of ether oxygens (including phenoxy) is 1. The molecule has 3 fully saturated rings. The molecule has 3 unspecified atom stereocenters. The average Bonchev–Trinajstić information content (AvgIpc) is 2.89. The highest BCUT2D eigenvalue weighted by molar-refractivity contribution is 7.99. The summed E-state index contributed by atoms with van der Waals surface area (Å²) in [5.74, 6) is 2.52. The van der Waals surface area contributed by atoms with Crippen LogP contribution in [0.3, 0.4) is 0 Å². The van der Waals surface area contributed by atoms with Crippen molar-refractivity contribution in [3.8, 4) is 0 Å². The van der Waals surface area contributed by atoms with E-state index in [0.29, 0.717) is 0 Å². The van der Waals surface area contributed by atoms with Gasteiger partial charge in [0.15, 0.2) is 0 Å². The van der Waals surface area contributed by atoms with Crippen molar-refractivity contribution >= 4 is 11.8 Å². The van der Waals surface area contributed by atoms with Gasteiger partial charge in [-0.15, -0.1) is 0 Å². The van der Waals surface area contributed by atoms with Gasteiger partial charge in [0.05, 0.1) is 5.60 Å². The van der Waals surface area contributed by atoms with Gasteiger partial charge in [-0.3, -0.25) is 4.90 Å². The molecule has 3 nitrogen and oxygen atoms in total. The molecule has 0 aromatic carbocycles. The van der Waals surface area contributed by atoms with E-state index in [2.05, 4.69) is 28.9 Å². The zero-order valence-corrected chi connectivity index (χ0v) is 13.0. The maximum atomic E-state index is 6.18. The summed E-state index contributed by atoms with van der Waals surface area (Å²) in [4.78, 5) is 2.78. The van der Waals surface area contributed by atoms with Crippen molar-refractivity contribution < 1.29 is 4.74 Å². The van der Waals surface area contributed by atoms with Gasteiger partial charge in [-0.05, 0) is 50.9 Å². The van der Waals surface area contributed by atoms with Crippen molar-refractivity contribution in [1.82, 2.24) is 10.2 Å². The van der Waals surface area contributed by atoms with Crippen LogP contribution in [0.2, 0.25) is 0 Å². The fourth-order valence-electron chi connectivity index (χ4n) is 4.08. The molecular weight excluding hydrogens is 256 g/mol. The highest BCUT2D eigenvalue weighted by Crippen LogP contribution is 2.40. The van der Waals surface area contributed by atoms with Crippen LogP contribution < -0.4 is 5.32 Å². The topological polar surface area (TPSA) is 24.5 Å². The first kappa shape index (κ1) is 14.2.